The van der Waals surface area contributed by atoms with Crippen molar-refractivity contribution in [3.8, 4) is 17.6 Å². The van der Waals surface area contributed by atoms with Gasteiger partial charge in [0.15, 0.2) is 18.1 Å². The van der Waals surface area contributed by atoms with Crippen LogP contribution >= 0.6 is 0 Å². The number of nitriles is 1. The highest BCUT2D eigenvalue weighted by molar-refractivity contribution is 5.77. The minimum atomic E-state index is -0.254. The summed E-state index contributed by atoms with van der Waals surface area (Å²) in [7, 11) is 0. The molecule has 0 saturated carbocycles. The number of amides is 1. The molecule has 2 aromatic carbocycles. The van der Waals surface area contributed by atoms with Crippen molar-refractivity contribution >= 4 is 5.91 Å². The van der Waals surface area contributed by atoms with Crippen molar-refractivity contribution in [1.29, 1.82) is 5.26 Å². The molecule has 0 aromatic heterocycles. The summed E-state index contributed by atoms with van der Waals surface area (Å²) in [5, 5.41) is 11.7. The van der Waals surface area contributed by atoms with Gasteiger partial charge in [-0.15, -0.1) is 0 Å². The molecular formula is C20H20N2O3. The lowest BCUT2D eigenvalue weighted by Gasteiger charge is -2.18. The Morgan fingerprint density at radius 2 is 2.12 bits per heavy atom. The third-order valence-corrected chi connectivity index (χ3v) is 3.96. The minimum absolute atomic E-state index is 0.0851. The normalized spacial score (nSPS) is 14.1. The van der Waals surface area contributed by atoms with Gasteiger partial charge in [-0.3, -0.25) is 4.79 Å². The lowest BCUT2D eigenvalue weighted by atomic mass is 10.0. The van der Waals surface area contributed by atoms with Gasteiger partial charge in [0.05, 0.1) is 11.6 Å². The van der Waals surface area contributed by atoms with E-state index in [1.54, 1.807) is 18.2 Å². The molecule has 1 amide bonds. The number of nitrogens with zero attached hydrogens (tertiary/aromatic N) is 1. The van der Waals surface area contributed by atoms with Crippen molar-refractivity contribution in [3.05, 3.63) is 59.2 Å². The van der Waals surface area contributed by atoms with Crippen LogP contribution in [0.1, 0.15) is 30.5 Å². The molecule has 1 N–H and O–H groups in total. The average Bonchev–Trinajstić information content (AvgIpc) is 2.92. The summed E-state index contributed by atoms with van der Waals surface area (Å²) >= 11 is 0. The number of hydrogen-bond acceptors (Lipinski definition) is 4. The Kier molecular flexibility index (Phi) is 4.62. The molecule has 0 saturated heterocycles. The molecule has 0 unspecified atom stereocenters. The first kappa shape index (κ1) is 16.8. The summed E-state index contributed by atoms with van der Waals surface area (Å²) in [6.45, 7) is 4.32. The predicted octanol–water partition coefficient (Wildman–Crippen LogP) is 2.97. The second-order valence-electron chi connectivity index (χ2n) is 6.66. The first-order valence-corrected chi connectivity index (χ1v) is 8.16. The molecule has 128 valence electrons. The van der Waals surface area contributed by atoms with E-state index < -0.39 is 0 Å². The quantitative estimate of drug-likeness (QED) is 0.911. The molecular weight excluding hydrogens is 316 g/mol. The van der Waals surface area contributed by atoms with Crippen LogP contribution in [0.5, 0.6) is 11.5 Å². The van der Waals surface area contributed by atoms with E-state index in [0.29, 0.717) is 17.9 Å². The van der Waals surface area contributed by atoms with E-state index in [2.05, 4.69) is 11.4 Å². The summed E-state index contributed by atoms with van der Waals surface area (Å²) in [4.78, 5) is 12.0. The molecule has 0 radical (unpaired) electrons. The third kappa shape index (κ3) is 4.10. The highest BCUT2D eigenvalue weighted by atomic mass is 16.5. The van der Waals surface area contributed by atoms with Crippen LogP contribution in [0.4, 0.5) is 0 Å². The minimum Gasteiger partial charge on any atom is -0.483 e. The summed E-state index contributed by atoms with van der Waals surface area (Å²) in [6.07, 6.45) is 0.820. The smallest absolute Gasteiger partial charge is 0.258 e. The molecule has 1 aliphatic rings. The summed E-state index contributed by atoms with van der Waals surface area (Å²) in [5.74, 6) is 1.09. The lowest BCUT2D eigenvalue weighted by molar-refractivity contribution is -0.123. The number of ether oxygens (including phenoxy) is 2. The average molecular weight is 336 g/mol. The van der Waals surface area contributed by atoms with Gasteiger partial charge in [-0.2, -0.15) is 5.26 Å². The molecule has 5 nitrogen and oxygen atoms in total. The number of nitrogens with one attached hydrogen (secondary N) is 1. The molecule has 1 heterocycles. The van der Waals surface area contributed by atoms with Gasteiger partial charge < -0.3 is 14.8 Å². The van der Waals surface area contributed by atoms with Crippen molar-refractivity contribution < 1.29 is 14.3 Å². The Morgan fingerprint density at radius 3 is 2.92 bits per heavy atom. The molecule has 0 aliphatic carbocycles. The largest absolute Gasteiger partial charge is 0.483 e. The number of hydrogen-bond donors (Lipinski definition) is 1. The van der Waals surface area contributed by atoms with Crippen LogP contribution in [0, 0.1) is 11.3 Å². The lowest BCUT2D eigenvalue weighted by Crippen LogP contribution is -2.28. The predicted molar refractivity (Wildman–Crippen MR) is 93.4 cm³/mol. The highest BCUT2D eigenvalue weighted by Gasteiger charge is 2.32. The third-order valence-electron chi connectivity index (χ3n) is 3.96. The zero-order valence-corrected chi connectivity index (χ0v) is 14.3. The van der Waals surface area contributed by atoms with Crippen LogP contribution in [-0.4, -0.2) is 18.1 Å². The van der Waals surface area contributed by atoms with Crippen molar-refractivity contribution in [1.82, 2.24) is 5.32 Å². The Bertz CT molecular complexity index is 837. The standard InChI is InChI=1S/C20H20N2O3/c1-20(2)10-16-7-4-8-17(19(16)25-20)24-13-18(23)22-12-15-6-3-5-14(9-15)11-21/h3-9H,10,12-13H2,1-2H3,(H,22,23). The van der Waals surface area contributed by atoms with E-state index >= 15 is 0 Å². The van der Waals surface area contributed by atoms with E-state index in [-0.39, 0.29) is 18.1 Å². The molecule has 0 bridgehead atoms. The number of benzene rings is 2. The van der Waals surface area contributed by atoms with Crippen LogP contribution in [0.3, 0.4) is 0 Å². The van der Waals surface area contributed by atoms with Crippen LogP contribution in [0.25, 0.3) is 0 Å². The number of fused-ring (bicyclic) bond motifs is 1. The van der Waals surface area contributed by atoms with Gasteiger partial charge in [-0.1, -0.05) is 24.3 Å². The van der Waals surface area contributed by atoms with Crippen molar-refractivity contribution in [3.63, 3.8) is 0 Å². The first-order valence-electron chi connectivity index (χ1n) is 8.16. The second kappa shape index (κ2) is 6.86. The molecule has 2 aromatic rings. The zero-order valence-electron chi connectivity index (χ0n) is 14.3. The Morgan fingerprint density at radius 1 is 1.32 bits per heavy atom. The van der Waals surface area contributed by atoms with Gasteiger partial charge in [0.1, 0.15) is 5.60 Å². The fraction of sp³-hybridized carbons (Fsp3) is 0.300. The monoisotopic (exact) mass is 336 g/mol. The fourth-order valence-corrected chi connectivity index (χ4v) is 2.85. The Hall–Kier alpha value is -3.00. The Labute approximate surface area is 147 Å². The molecule has 25 heavy (non-hydrogen) atoms. The van der Waals surface area contributed by atoms with Gasteiger partial charge in [0.2, 0.25) is 0 Å². The summed E-state index contributed by atoms with van der Waals surface area (Å²) in [6, 6.07) is 14.9. The maximum absolute atomic E-state index is 12.0. The second-order valence-corrected chi connectivity index (χ2v) is 6.66. The number of carbonyl (C=O) groups is 1. The number of rotatable bonds is 5. The molecule has 0 atom stereocenters. The van der Waals surface area contributed by atoms with Crippen LogP contribution in [-0.2, 0) is 17.8 Å². The summed E-state index contributed by atoms with van der Waals surface area (Å²) in [5.41, 5.74) is 2.28. The highest BCUT2D eigenvalue weighted by Crippen LogP contribution is 2.41. The maximum Gasteiger partial charge on any atom is 0.258 e. The van der Waals surface area contributed by atoms with E-state index in [0.717, 1.165) is 23.3 Å². The van der Waals surface area contributed by atoms with Crippen LogP contribution < -0.4 is 14.8 Å². The SMILES string of the molecule is CC1(C)Cc2cccc(OCC(=O)NCc3cccc(C#N)c3)c2O1. The molecule has 5 heteroatoms. The molecule has 3 rings (SSSR count). The summed E-state index contributed by atoms with van der Waals surface area (Å²) < 4.78 is 11.6. The van der Waals surface area contributed by atoms with Gasteiger partial charge in [-0.25, -0.2) is 0 Å². The molecule has 0 spiro atoms. The van der Waals surface area contributed by atoms with Crippen LogP contribution in [0.15, 0.2) is 42.5 Å². The van der Waals surface area contributed by atoms with Gasteiger partial charge in [-0.05, 0) is 37.6 Å². The van der Waals surface area contributed by atoms with Crippen LogP contribution in [0.2, 0.25) is 0 Å². The van der Waals surface area contributed by atoms with Gasteiger partial charge in [0.25, 0.3) is 5.91 Å². The Balaban J connectivity index is 1.55. The van der Waals surface area contributed by atoms with Crippen molar-refractivity contribution in [2.45, 2.75) is 32.4 Å². The van der Waals surface area contributed by atoms with E-state index in [1.165, 1.54) is 0 Å². The van der Waals surface area contributed by atoms with Crippen molar-refractivity contribution in [2.24, 2.45) is 0 Å². The van der Waals surface area contributed by atoms with Crippen molar-refractivity contribution in [2.75, 3.05) is 6.61 Å². The topological polar surface area (TPSA) is 71.3 Å². The number of carbonyl (C=O) groups excluding carboxylic acids is 1. The van der Waals surface area contributed by atoms with E-state index in [4.69, 9.17) is 14.7 Å². The van der Waals surface area contributed by atoms with E-state index in [1.807, 2.05) is 38.1 Å². The van der Waals surface area contributed by atoms with Gasteiger partial charge in [0, 0.05) is 18.5 Å². The first-order chi connectivity index (χ1) is 12.0. The van der Waals surface area contributed by atoms with Gasteiger partial charge >= 0.3 is 0 Å². The zero-order chi connectivity index (χ0) is 17.9. The van der Waals surface area contributed by atoms with E-state index in [9.17, 15) is 4.79 Å². The molecule has 0 fully saturated rings. The molecule has 1 aliphatic heterocycles. The fourth-order valence-electron chi connectivity index (χ4n) is 2.85. The maximum atomic E-state index is 12.0. The number of para-hydroxylation sites is 1.